The van der Waals surface area contributed by atoms with E-state index in [4.69, 9.17) is 11.0 Å². The Balaban J connectivity index is 2.96. The Labute approximate surface area is 89.3 Å². The molecule has 68 valence electrons. The predicted octanol–water partition coefficient (Wildman–Crippen LogP) is 2.45. The summed E-state index contributed by atoms with van der Waals surface area (Å²) in [5.41, 5.74) is 6.86. The maximum Gasteiger partial charge on any atom is 0.125 e. The van der Waals surface area contributed by atoms with E-state index in [2.05, 4.69) is 27.0 Å². The zero-order chi connectivity index (χ0) is 10.1. The van der Waals surface area contributed by atoms with Gasteiger partial charge in [0.2, 0.25) is 0 Å². The Kier molecular flexibility index (Phi) is 2.10. The van der Waals surface area contributed by atoms with Crippen molar-refractivity contribution in [3.8, 4) is 6.07 Å². The third-order valence-electron chi connectivity index (χ3n) is 1.93. The van der Waals surface area contributed by atoms with Crippen LogP contribution in [0, 0.1) is 11.3 Å². The van der Waals surface area contributed by atoms with Crippen LogP contribution < -0.4 is 5.73 Å². The molecular weight excluding hydrogens is 242 g/mol. The summed E-state index contributed by atoms with van der Waals surface area (Å²) < 4.78 is 0.846. The summed E-state index contributed by atoms with van der Waals surface area (Å²) in [6.45, 7) is 0. The number of nitrogens with two attached hydrogens (primary N) is 1. The summed E-state index contributed by atoms with van der Waals surface area (Å²) in [7, 11) is 0. The molecule has 0 saturated heterocycles. The predicted molar refractivity (Wildman–Crippen MR) is 58.6 cm³/mol. The van der Waals surface area contributed by atoms with Gasteiger partial charge in [-0.1, -0.05) is 12.1 Å². The Morgan fingerprint density at radius 2 is 2.21 bits per heavy atom. The van der Waals surface area contributed by atoms with Crippen molar-refractivity contribution in [2.45, 2.75) is 0 Å². The molecule has 2 aromatic rings. The first-order valence-electron chi connectivity index (χ1n) is 3.97. The van der Waals surface area contributed by atoms with E-state index in [1.807, 2.05) is 18.2 Å². The van der Waals surface area contributed by atoms with E-state index < -0.39 is 0 Å². The van der Waals surface area contributed by atoms with E-state index in [0.29, 0.717) is 11.4 Å². The van der Waals surface area contributed by atoms with Gasteiger partial charge in [-0.25, -0.2) is 4.98 Å². The van der Waals surface area contributed by atoms with Crippen molar-refractivity contribution in [2.24, 2.45) is 0 Å². The van der Waals surface area contributed by atoms with Gasteiger partial charge in [0.15, 0.2) is 0 Å². The molecule has 2 rings (SSSR count). The third-order valence-corrected chi connectivity index (χ3v) is 2.57. The van der Waals surface area contributed by atoms with Gasteiger partial charge in [-0.2, -0.15) is 5.26 Å². The highest BCUT2D eigenvalue weighted by Gasteiger charge is 2.05. The SMILES string of the molecule is N#Cc1cc(N)nc2c(Br)cccc12. The first kappa shape index (κ1) is 8.97. The normalized spacial score (nSPS) is 10.0. The molecular formula is C10H6BrN3. The van der Waals surface area contributed by atoms with Crippen LogP contribution >= 0.6 is 15.9 Å². The van der Waals surface area contributed by atoms with Crippen LogP contribution in [-0.4, -0.2) is 4.98 Å². The fraction of sp³-hybridized carbons (Fsp3) is 0. The van der Waals surface area contributed by atoms with Crippen LogP contribution in [0.15, 0.2) is 28.7 Å². The Morgan fingerprint density at radius 1 is 1.43 bits per heavy atom. The van der Waals surface area contributed by atoms with Gasteiger partial charge < -0.3 is 5.73 Å². The summed E-state index contributed by atoms with van der Waals surface area (Å²) in [6, 6.07) is 9.26. The molecule has 1 aromatic carbocycles. The maximum absolute atomic E-state index is 8.90. The number of hydrogen-bond acceptors (Lipinski definition) is 3. The molecule has 0 bridgehead atoms. The van der Waals surface area contributed by atoms with E-state index in [-0.39, 0.29) is 0 Å². The summed E-state index contributed by atoms with van der Waals surface area (Å²) >= 11 is 3.37. The highest BCUT2D eigenvalue weighted by Crippen LogP contribution is 2.25. The van der Waals surface area contributed by atoms with Gasteiger partial charge in [0.1, 0.15) is 5.82 Å². The van der Waals surface area contributed by atoms with Crippen molar-refractivity contribution >= 4 is 32.7 Å². The van der Waals surface area contributed by atoms with E-state index in [1.165, 1.54) is 0 Å². The number of halogens is 1. The van der Waals surface area contributed by atoms with Gasteiger partial charge in [-0.15, -0.1) is 0 Å². The lowest BCUT2D eigenvalue weighted by Crippen LogP contribution is -1.93. The number of nitrogen functional groups attached to an aromatic ring is 1. The summed E-state index contributed by atoms with van der Waals surface area (Å²) in [5.74, 6) is 0.362. The number of nitrogens with zero attached hydrogens (tertiary/aromatic N) is 2. The van der Waals surface area contributed by atoms with Crippen molar-refractivity contribution in [3.05, 3.63) is 34.3 Å². The zero-order valence-corrected chi connectivity index (χ0v) is 8.75. The summed E-state index contributed by atoms with van der Waals surface area (Å²) in [4.78, 5) is 4.16. The molecule has 0 fully saturated rings. The molecule has 0 aliphatic carbocycles. The first-order valence-corrected chi connectivity index (χ1v) is 4.76. The van der Waals surface area contributed by atoms with Gasteiger partial charge >= 0.3 is 0 Å². The zero-order valence-electron chi connectivity index (χ0n) is 7.16. The van der Waals surface area contributed by atoms with E-state index >= 15 is 0 Å². The monoisotopic (exact) mass is 247 g/mol. The molecule has 0 radical (unpaired) electrons. The maximum atomic E-state index is 8.90. The van der Waals surface area contributed by atoms with Crippen molar-refractivity contribution < 1.29 is 0 Å². The van der Waals surface area contributed by atoms with Crippen LogP contribution in [0.4, 0.5) is 5.82 Å². The highest BCUT2D eigenvalue weighted by molar-refractivity contribution is 9.10. The summed E-state index contributed by atoms with van der Waals surface area (Å²) in [6.07, 6.45) is 0. The fourth-order valence-corrected chi connectivity index (χ4v) is 1.78. The van der Waals surface area contributed by atoms with Crippen molar-refractivity contribution in [1.29, 1.82) is 5.26 Å². The Bertz CT molecular complexity index is 543. The average Bonchev–Trinajstić information content (AvgIpc) is 2.18. The minimum atomic E-state index is 0.362. The lowest BCUT2D eigenvalue weighted by molar-refractivity contribution is 1.38. The number of nitriles is 1. The van der Waals surface area contributed by atoms with Crippen LogP contribution in [0.1, 0.15) is 5.56 Å². The standard InChI is InChI=1S/C10H6BrN3/c11-8-3-1-2-7-6(5-12)4-9(13)14-10(7)8/h1-4H,(H2,13,14). The molecule has 14 heavy (non-hydrogen) atoms. The van der Waals surface area contributed by atoms with Gasteiger partial charge in [-0.3, -0.25) is 0 Å². The van der Waals surface area contributed by atoms with Crippen molar-refractivity contribution in [2.75, 3.05) is 5.73 Å². The molecule has 4 heteroatoms. The quantitative estimate of drug-likeness (QED) is 0.778. The van der Waals surface area contributed by atoms with E-state index in [1.54, 1.807) is 6.07 Å². The molecule has 0 amide bonds. The second-order valence-corrected chi connectivity index (χ2v) is 3.70. The first-order chi connectivity index (χ1) is 6.72. The van der Waals surface area contributed by atoms with Gasteiger partial charge in [0, 0.05) is 9.86 Å². The second kappa shape index (κ2) is 3.28. The van der Waals surface area contributed by atoms with Gasteiger partial charge in [0.05, 0.1) is 17.1 Å². The lowest BCUT2D eigenvalue weighted by atomic mass is 10.1. The van der Waals surface area contributed by atoms with Gasteiger partial charge in [-0.05, 0) is 28.1 Å². The minimum absolute atomic E-state index is 0.362. The van der Waals surface area contributed by atoms with Crippen LogP contribution in [0.25, 0.3) is 10.9 Å². The minimum Gasteiger partial charge on any atom is -0.384 e. The van der Waals surface area contributed by atoms with E-state index in [0.717, 1.165) is 15.4 Å². The average molecular weight is 248 g/mol. The van der Waals surface area contributed by atoms with Crippen molar-refractivity contribution in [1.82, 2.24) is 4.98 Å². The molecule has 0 unspecified atom stereocenters. The number of hydrogen-bond donors (Lipinski definition) is 1. The highest BCUT2D eigenvalue weighted by atomic mass is 79.9. The molecule has 0 aliphatic rings. The van der Waals surface area contributed by atoms with Crippen LogP contribution in [0.5, 0.6) is 0 Å². The second-order valence-electron chi connectivity index (χ2n) is 2.84. The van der Waals surface area contributed by atoms with Crippen molar-refractivity contribution in [3.63, 3.8) is 0 Å². The number of rotatable bonds is 0. The topological polar surface area (TPSA) is 62.7 Å². The molecule has 2 N–H and O–H groups in total. The Morgan fingerprint density at radius 3 is 2.93 bits per heavy atom. The molecule has 0 aliphatic heterocycles. The van der Waals surface area contributed by atoms with Gasteiger partial charge in [0.25, 0.3) is 0 Å². The number of anilines is 1. The van der Waals surface area contributed by atoms with Crippen LogP contribution in [0.3, 0.4) is 0 Å². The molecule has 1 heterocycles. The Hall–Kier alpha value is -1.60. The molecule has 3 nitrogen and oxygen atoms in total. The van der Waals surface area contributed by atoms with Crippen LogP contribution in [-0.2, 0) is 0 Å². The number of fused-ring (bicyclic) bond motifs is 1. The fourth-order valence-electron chi connectivity index (χ4n) is 1.33. The lowest BCUT2D eigenvalue weighted by Gasteiger charge is -2.02. The molecule has 0 saturated carbocycles. The molecule has 0 spiro atoms. The molecule has 1 aromatic heterocycles. The smallest absolute Gasteiger partial charge is 0.125 e. The van der Waals surface area contributed by atoms with Crippen LogP contribution in [0.2, 0.25) is 0 Å². The van der Waals surface area contributed by atoms with E-state index in [9.17, 15) is 0 Å². The number of benzene rings is 1. The number of para-hydroxylation sites is 1. The number of aromatic nitrogens is 1. The molecule has 0 atom stereocenters. The largest absolute Gasteiger partial charge is 0.384 e. The number of pyridine rings is 1. The third kappa shape index (κ3) is 1.32. The summed E-state index contributed by atoms with van der Waals surface area (Å²) in [5, 5.41) is 9.72.